The standard InChI is InChI=1S/C18H22O6/c1-10-5-7-11(8-6-10)13-14(16(20)23-3)12(19)9-18(2,22)15(13)17(21)24-4/h5-8,13-15,22H,9H2,1-4H3/t13-,14-,15-,18-/m1/s1. The summed E-state index contributed by atoms with van der Waals surface area (Å²) in [5, 5.41) is 10.7. The monoisotopic (exact) mass is 334 g/mol. The van der Waals surface area contributed by atoms with Gasteiger partial charge in [0.05, 0.1) is 25.7 Å². The molecule has 0 bridgehead atoms. The number of ether oxygens (including phenoxy) is 2. The van der Waals surface area contributed by atoms with E-state index in [1.807, 2.05) is 19.1 Å². The van der Waals surface area contributed by atoms with E-state index in [4.69, 9.17) is 9.47 Å². The fourth-order valence-electron chi connectivity index (χ4n) is 3.46. The van der Waals surface area contributed by atoms with Crippen LogP contribution in [0.2, 0.25) is 0 Å². The predicted molar refractivity (Wildman–Crippen MR) is 85.2 cm³/mol. The molecule has 0 aromatic heterocycles. The lowest BCUT2D eigenvalue weighted by molar-refractivity contribution is -0.170. The van der Waals surface area contributed by atoms with Crippen LogP contribution in [-0.2, 0) is 23.9 Å². The number of aliphatic hydroxyl groups is 1. The molecule has 2 rings (SSSR count). The number of methoxy groups -OCH3 is 2. The van der Waals surface area contributed by atoms with Crippen molar-refractivity contribution < 1.29 is 29.0 Å². The molecule has 0 spiro atoms. The summed E-state index contributed by atoms with van der Waals surface area (Å²) in [6, 6.07) is 7.15. The Labute approximate surface area is 140 Å². The van der Waals surface area contributed by atoms with Gasteiger partial charge in [-0.3, -0.25) is 14.4 Å². The Morgan fingerprint density at radius 3 is 2.17 bits per heavy atom. The van der Waals surface area contributed by atoms with Crippen LogP contribution >= 0.6 is 0 Å². The first-order chi connectivity index (χ1) is 11.2. The second-order valence-corrected chi connectivity index (χ2v) is 6.44. The average molecular weight is 334 g/mol. The van der Waals surface area contributed by atoms with Crippen molar-refractivity contribution >= 4 is 17.7 Å². The number of carbonyl (C=O) groups excluding carboxylic acids is 3. The lowest BCUT2D eigenvalue weighted by Gasteiger charge is -2.43. The molecule has 6 heteroatoms. The number of Topliss-reactive ketones (excluding diaryl/α,β-unsaturated/α-hetero) is 1. The third kappa shape index (κ3) is 3.19. The van der Waals surface area contributed by atoms with Crippen LogP contribution in [0.4, 0.5) is 0 Å². The van der Waals surface area contributed by atoms with Crippen molar-refractivity contribution in [3.8, 4) is 0 Å². The number of benzene rings is 1. The predicted octanol–water partition coefficient (Wildman–Crippen LogP) is 1.38. The molecule has 1 aromatic rings. The van der Waals surface area contributed by atoms with Crippen molar-refractivity contribution in [2.45, 2.75) is 31.8 Å². The molecule has 6 nitrogen and oxygen atoms in total. The molecular formula is C18H22O6. The molecule has 0 amide bonds. The zero-order valence-corrected chi connectivity index (χ0v) is 14.2. The van der Waals surface area contributed by atoms with Gasteiger partial charge in [0.25, 0.3) is 0 Å². The van der Waals surface area contributed by atoms with Crippen molar-refractivity contribution in [1.82, 2.24) is 0 Å². The zero-order valence-electron chi connectivity index (χ0n) is 14.2. The van der Waals surface area contributed by atoms with Gasteiger partial charge >= 0.3 is 11.9 Å². The summed E-state index contributed by atoms with van der Waals surface area (Å²) in [5.41, 5.74) is 0.00108. The van der Waals surface area contributed by atoms with Gasteiger partial charge in [0.15, 0.2) is 5.78 Å². The number of rotatable bonds is 3. The second-order valence-electron chi connectivity index (χ2n) is 6.44. The largest absolute Gasteiger partial charge is 0.469 e. The highest BCUT2D eigenvalue weighted by atomic mass is 16.5. The lowest BCUT2D eigenvalue weighted by atomic mass is 9.61. The number of carbonyl (C=O) groups is 3. The van der Waals surface area contributed by atoms with Crippen LogP contribution in [0.15, 0.2) is 24.3 Å². The quantitative estimate of drug-likeness (QED) is 0.663. The van der Waals surface area contributed by atoms with Crippen molar-refractivity contribution in [3.05, 3.63) is 35.4 Å². The van der Waals surface area contributed by atoms with Gasteiger partial charge in [0, 0.05) is 12.3 Å². The summed E-state index contributed by atoms with van der Waals surface area (Å²) in [6.45, 7) is 3.32. The van der Waals surface area contributed by atoms with E-state index in [0.717, 1.165) is 5.56 Å². The summed E-state index contributed by atoms with van der Waals surface area (Å²) >= 11 is 0. The molecular weight excluding hydrogens is 312 g/mol. The van der Waals surface area contributed by atoms with Crippen LogP contribution in [0.3, 0.4) is 0 Å². The van der Waals surface area contributed by atoms with Crippen LogP contribution < -0.4 is 0 Å². The first-order valence-corrected chi connectivity index (χ1v) is 7.70. The highest BCUT2D eigenvalue weighted by Gasteiger charge is 2.56. The normalized spacial score (nSPS) is 29.9. The number of hydrogen-bond donors (Lipinski definition) is 1. The topological polar surface area (TPSA) is 89.9 Å². The smallest absolute Gasteiger partial charge is 0.316 e. The van der Waals surface area contributed by atoms with Gasteiger partial charge < -0.3 is 14.6 Å². The van der Waals surface area contributed by atoms with E-state index >= 15 is 0 Å². The Hall–Kier alpha value is -2.21. The molecule has 0 heterocycles. The van der Waals surface area contributed by atoms with Gasteiger partial charge in [0.1, 0.15) is 5.92 Å². The van der Waals surface area contributed by atoms with Crippen molar-refractivity contribution in [2.75, 3.05) is 14.2 Å². The molecule has 0 saturated heterocycles. The summed E-state index contributed by atoms with van der Waals surface area (Å²) < 4.78 is 9.61. The first-order valence-electron chi connectivity index (χ1n) is 7.70. The van der Waals surface area contributed by atoms with Gasteiger partial charge in [-0.2, -0.15) is 0 Å². The second kappa shape index (κ2) is 6.73. The summed E-state index contributed by atoms with van der Waals surface area (Å²) in [6.07, 6.45) is -0.311. The first kappa shape index (κ1) is 18.1. The highest BCUT2D eigenvalue weighted by molar-refractivity contribution is 6.02. The van der Waals surface area contributed by atoms with Gasteiger partial charge in [-0.15, -0.1) is 0 Å². The fourth-order valence-corrected chi connectivity index (χ4v) is 3.46. The molecule has 0 aliphatic heterocycles. The van der Waals surface area contributed by atoms with Gasteiger partial charge in [-0.1, -0.05) is 29.8 Å². The van der Waals surface area contributed by atoms with Crippen molar-refractivity contribution in [3.63, 3.8) is 0 Å². The summed E-state index contributed by atoms with van der Waals surface area (Å²) in [5.74, 6) is -4.87. The zero-order chi connectivity index (χ0) is 18.1. The van der Waals surface area contributed by atoms with Gasteiger partial charge in [-0.05, 0) is 19.4 Å². The molecule has 4 atom stereocenters. The van der Waals surface area contributed by atoms with E-state index in [9.17, 15) is 19.5 Å². The molecule has 24 heavy (non-hydrogen) atoms. The molecule has 1 N–H and O–H groups in total. The Kier molecular flexibility index (Phi) is 5.08. The lowest BCUT2D eigenvalue weighted by Crippen LogP contribution is -2.55. The Bertz CT molecular complexity index is 646. The Morgan fingerprint density at radius 2 is 1.67 bits per heavy atom. The minimum atomic E-state index is -1.61. The van der Waals surface area contributed by atoms with Gasteiger partial charge in [0.2, 0.25) is 0 Å². The summed E-state index contributed by atoms with van der Waals surface area (Å²) in [4.78, 5) is 37.1. The third-order valence-electron chi connectivity index (χ3n) is 4.64. The molecule has 1 aliphatic rings. The molecule has 130 valence electrons. The number of esters is 2. The van der Waals surface area contributed by atoms with Gasteiger partial charge in [-0.25, -0.2) is 0 Å². The summed E-state index contributed by atoms with van der Waals surface area (Å²) in [7, 11) is 2.41. The number of ketones is 1. The molecule has 1 aromatic carbocycles. The van der Waals surface area contributed by atoms with Crippen molar-refractivity contribution in [1.29, 1.82) is 0 Å². The van der Waals surface area contributed by atoms with E-state index in [0.29, 0.717) is 5.56 Å². The Balaban J connectivity index is 2.63. The molecule has 0 unspecified atom stereocenters. The molecule has 0 radical (unpaired) electrons. The molecule has 1 fully saturated rings. The molecule has 1 saturated carbocycles. The van der Waals surface area contributed by atoms with E-state index < -0.39 is 41.1 Å². The van der Waals surface area contributed by atoms with E-state index in [1.165, 1.54) is 21.1 Å². The van der Waals surface area contributed by atoms with E-state index in [2.05, 4.69) is 0 Å². The van der Waals surface area contributed by atoms with Crippen LogP contribution in [0.25, 0.3) is 0 Å². The minimum absolute atomic E-state index is 0.311. The maximum Gasteiger partial charge on any atom is 0.316 e. The van der Waals surface area contributed by atoms with Crippen LogP contribution in [0.1, 0.15) is 30.4 Å². The maximum absolute atomic E-state index is 12.5. The fraction of sp³-hybridized carbons (Fsp3) is 0.500. The SMILES string of the molecule is COC(=O)[C@@H]1C(=O)C[C@@](C)(O)[C@@H](C(=O)OC)[C@@H]1c1ccc(C)cc1. The Morgan fingerprint density at radius 1 is 1.12 bits per heavy atom. The van der Waals surface area contributed by atoms with Crippen LogP contribution in [0, 0.1) is 18.8 Å². The van der Waals surface area contributed by atoms with Crippen molar-refractivity contribution in [2.24, 2.45) is 11.8 Å². The number of hydrogen-bond acceptors (Lipinski definition) is 6. The maximum atomic E-state index is 12.5. The minimum Gasteiger partial charge on any atom is -0.469 e. The highest BCUT2D eigenvalue weighted by Crippen LogP contribution is 2.46. The van der Waals surface area contributed by atoms with E-state index in [-0.39, 0.29) is 6.42 Å². The third-order valence-corrected chi connectivity index (χ3v) is 4.64. The van der Waals surface area contributed by atoms with E-state index in [1.54, 1.807) is 12.1 Å². The van der Waals surface area contributed by atoms with Crippen LogP contribution in [-0.4, -0.2) is 42.6 Å². The molecule has 1 aliphatic carbocycles. The number of aryl methyl sites for hydroxylation is 1. The average Bonchev–Trinajstić information content (AvgIpc) is 2.53. The van der Waals surface area contributed by atoms with Crippen LogP contribution in [0.5, 0.6) is 0 Å².